The fourth-order valence-corrected chi connectivity index (χ4v) is 3.80. The van der Waals surface area contributed by atoms with Gasteiger partial charge in [0, 0.05) is 0 Å². The van der Waals surface area contributed by atoms with Crippen LogP contribution < -0.4 is 5.32 Å². The molecule has 0 aliphatic carbocycles. The molecule has 88 valence electrons. The Hall–Kier alpha value is -0.520. The summed E-state index contributed by atoms with van der Waals surface area (Å²) in [6.45, 7) is 5.08. The van der Waals surface area contributed by atoms with Crippen molar-refractivity contribution in [3.63, 3.8) is 0 Å². The van der Waals surface area contributed by atoms with Crippen molar-refractivity contribution < 1.29 is 10.1 Å². The standard InChI is InChI=1S/C11H16N2OS2/c1-2-12-4-5-13-10(14)8-16-11(13)9-3-6-15-7-9/h3,6-7,11-12H,2,4-5,8H2,1H3/p+1/t11-/m1/s1. The third kappa shape index (κ3) is 2.59. The topological polar surface area (TPSA) is 36.9 Å². The lowest BCUT2D eigenvalue weighted by atomic mass is 10.3. The number of carbonyl (C=O) groups excluding carboxylic acids is 1. The van der Waals surface area contributed by atoms with E-state index in [1.165, 1.54) is 5.56 Å². The SMILES string of the molecule is CC[NH2+]CCN1C(=O)CS[C@@H]1c1ccsc1. The molecule has 1 aromatic rings. The minimum Gasteiger partial charge on any atom is -0.345 e. The maximum Gasteiger partial charge on any atom is 0.234 e. The Balaban J connectivity index is 1.99. The van der Waals surface area contributed by atoms with Crippen molar-refractivity contribution in [2.75, 3.05) is 25.4 Å². The van der Waals surface area contributed by atoms with E-state index in [-0.39, 0.29) is 11.3 Å². The van der Waals surface area contributed by atoms with Gasteiger partial charge in [0.25, 0.3) is 0 Å². The minimum absolute atomic E-state index is 0.254. The first-order chi connectivity index (χ1) is 7.83. The highest BCUT2D eigenvalue weighted by molar-refractivity contribution is 8.00. The maximum absolute atomic E-state index is 11.8. The van der Waals surface area contributed by atoms with Crippen LogP contribution in [0.3, 0.4) is 0 Å². The van der Waals surface area contributed by atoms with Crippen LogP contribution in [0.2, 0.25) is 0 Å². The molecule has 16 heavy (non-hydrogen) atoms. The highest BCUT2D eigenvalue weighted by Gasteiger charge is 2.32. The van der Waals surface area contributed by atoms with Crippen LogP contribution in [0.4, 0.5) is 0 Å². The molecule has 2 rings (SSSR count). The Morgan fingerprint density at radius 1 is 1.62 bits per heavy atom. The lowest BCUT2D eigenvalue weighted by molar-refractivity contribution is -0.651. The highest BCUT2D eigenvalue weighted by atomic mass is 32.2. The lowest BCUT2D eigenvalue weighted by Crippen LogP contribution is -2.85. The second kappa shape index (κ2) is 5.70. The largest absolute Gasteiger partial charge is 0.345 e. The zero-order valence-electron chi connectivity index (χ0n) is 9.39. The third-order valence-corrected chi connectivity index (χ3v) is 4.62. The molecule has 0 saturated carbocycles. The van der Waals surface area contributed by atoms with Crippen LogP contribution in [-0.2, 0) is 4.79 Å². The van der Waals surface area contributed by atoms with Crippen LogP contribution >= 0.6 is 23.1 Å². The molecular weight excluding hydrogens is 240 g/mol. The number of nitrogens with two attached hydrogens (primary N) is 1. The highest BCUT2D eigenvalue weighted by Crippen LogP contribution is 2.38. The van der Waals surface area contributed by atoms with Gasteiger partial charge >= 0.3 is 0 Å². The van der Waals surface area contributed by atoms with Crippen molar-refractivity contribution in [1.82, 2.24) is 4.90 Å². The number of thioether (sulfide) groups is 1. The number of thiophene rings is 1. The number of quaternary nitrogens is 1. The molecule has 1 saturated heterocycles. The fraction of sp³-hybridized carbons (Fsp3) is 0.545. The molecule has 5 heteroatoms. The van der Waals surface area contributed by atoms with Gasteiger partial charge in [-0.05, 0) is 29.3 Å². The van der Waals surface area contributed by atoms with E-state index in [1.54, 1.807) is 23.1 Å². The molecule has 0 spiro atoms. The first-order valence-corrected chi connectivity index (χ1v) is 7.57. The van der Waals surface area contributed by atoms with Crippen LogP contribution in [0.15, 0.2) is 16.8 Å². The fourth-order valence-electron chi connectivity index (χ4n) is 1.82. The number of hydrogen-bond donors (Lipinski definition) is 1. The molecule has 1 atom stereocenters. The summed E-state index contributed by atoms with van der Waals surface area (Å²) in [7, 11) is 0. The Labute approximate surface area is 104 Å². The summed E-state index contributed by atoms with van der Waals surface area (Å²) in [5, 5.41) is 6.71. The van der Waals surface area contributed by atoms with Crippen molar-refractivity contribution in [2.24, 2.45) is 0 Å². The Morgan fingerprint density at radius 2 is 2.50 bits per heavy atom. The van der Waals surface area contributed by atoms with Gasteiger partial charge in [-0.15, -0.1) is 11.8 Å². The Morgan fingerprint density at radius 3 is 3.19 bits per heavy atom. The molecule has 0 unspecified atom stereocenters. The number of carbonyl (C=O) groups is 1. The summed E-state index contributed by atoms with van der Waals surface area (Å²) in [6, 6.07) is 2.12. The normalized spacial score (nSPS) is 20.7. The number of likely N-dealkylation sites (N-methyl/N-ethyl adjacent to an activating group) is 1. The predicted octanol–water partition coefficient (Wildman–Crippen LogP) is 0.905. The molecule has 0 radical (unpaired) electrons. The average Bonchev–Trinajstić information content (AvgIpc) is 2.89. The van der Waals surface area contributed by atoms with E-state index in [0.29, 0.717) is 5.75 Å². The van der Waals surface area contributed by atoms with Crippen LogP contribution in [0, 0.1) is 0 Å². The van der Waals surface area contributed by atoms with Gasteiger partial charge in [-0.25, -0.2) is 0 Å². The Kier molecular flexibility index (Phi) is 4.26. The molecule has 2 N–H and O–H groups in total. The summed E-state index contributed by atoms with van der Waals surface area (Å²) >= 11 is 3.44. The smallest absolute Gasteiger partial charge is 0.234 e. The third-order valence-electron chi connectivity index (χ3n) is 2.66. The van der Waals surface area contributed by atoms with E-state index in [9.17, 15) is 4.79 Å². The summed E-state index contributed by atoms with van der Waals surface area (Å²) in [5.74, 6) is 0.915. The lowest BCUT2D eigenvalue weighted by Gasteiger charge is -2.22. The molecular formula is C11H17N2OS2+. The maximum atomic E-state index is 11.8. The molecule has 1 aromatic heterocycles. The van der Waals surface area contributed by atoms with Gasteiger partial charge in [-0.1, -0.05) is 0 Å². The van der Waals surface area contributed by atoms with Crippen molar-refractivity contribution in [2.45, 2.75) is 12.3 Å². The molecule has 1 fully saturated rings. The van der Waals surface area contributed by atoms with Gasteiger partial charge in [0.05, 0.1) is 25.4 Å². The summed E-state index contributed by atoms with van der Waals surface area (Å²) in [6.07, 6.45) is 0. The van der Waals surface area contributed by atoms with E-state index < -0.39 is 0 Å². The van der Waals surface area contributed by atoms with Crippen LogP contribution in [0.25, 0.3) is 0 Å². The van der Waals surface area contributed by atoms with Gasteiger partial charge in [0.2, 0.25) is 5.91 Å². The molecule has 1 aliphatic heterocycles. The van der Waals surface area contributed by atoms with Crippen molar-refractivity contribution in [3.8, 4) is 0 Å². The van der Waals surface area contributed by atoms with E-state index in [4.69, 9.17) is 0 Å². The summed E-state index contributed by atoms with van der Waals surface area (Å²) in [5.41, 5.74) is 1.28. The van der Waals surface area contributed by atoms with Crippen molar-refractivity contribution >= 4 is 29.0 Å². The Bertz CT molecular complexity index is 340. The summed E-state index contributed by atoms with van der Waals surface area (Å²) in [4.78, 5) is 13.8. The molecule has 0 aromatic carbocycles. The number of hydrogen-bond acceptors (Lipinski definition) is 3. The molecule has 2 heterocycles. The second-order valence-corrected chi connectivity index (χ2v) is 5.64. The predicted molar refractivity (Wildman–Crippen MR) is 68.6 cm³/mol. The van der Waals surface area contributed by atoms with Crippen LogP contribution in [0.1, 0.15) is 17.9 Å². The molecule has 3 nitrogen and oxygen atoms in total. The second-order valence-electron chi connectivity index (χ2n) is 3.79. The quantitative estimate of drug-likeness (QED) is 0.796. The van der Waals surface area contributed by atoms with Gasteiger partial charge in [-0.2, -0.15) is 11.3 Å². The monoisotopic (exact) mass is 257 g/mol. The van der Waals surface area contributed by atoms with E-state index in [2.05, 4.69) is 29.1 Å². The summed E-state index contributed by atoms with van der Waals surface area (Å²) < 4.78 is 0. The van der Waals surface area contributed by atoms with Gasteiger partial charge < -0.3 is 10.2 Å². The zero-order chi connectivity index (χ0) is 11.4. The molecule has 0 bridgehead atoms. The molecule has 1 aliphatic rings. The first-order valence-electron chi connectivity index (χ1n) is 5.57. The van der Waals surface area contributed by atoms with Crippen molar-refractivity contribution in [3.05, 3.63) is 22.4 Å². The van der Waals surface area contributed by atoms with E-state index in [1.807, 2.05) is 4.90 Å². The van der Waals surface area contributed by atoms with Crippen LogP contribution in [-0.4, -0.2) is 36.2 Å². The van der Waals surface area contributed by atoms with Gasteiger partial charge in [-0.3, -0.25) is 4.79 Å². The number of nitrogens with zero attached hydrogens (tertiary/aromatic N) is 1. The van der Waals surface area contributed by atoms with Crippen molar-refractivity contribution in [1.29, 1.82) is 0 Å². The number of amides is 1. The first kappa shape index (κ1) is 12.0. The molecule has 1 amide bonds. The average molecular weight is 257 g/mol. The van der Waals surface area contributed by atoms with E-state index >= 15 is 0 Å². The van der Waals surface area contributed by atoms with Crippen LogP contribution in [0.5, 0.6) is 0 Å². The zero-order valence-corrected chi connectivity index (χ0v) is 11.0. The van der Waals surface area contributed by atoms with E-state index in [0.717, 1.165) is 19.6 Å². The minimum atomic E-state index is 0.254. The van der Waals surface area contributed by atoms with Gasteiger partial charge in [0.15, 0.2) is 0 Å². The number of rotatable bonds is 5. The van der Waals surface area contributed by atoms with Gasteiger partial charge in [0.1, 0.15) is 5.37 Å².